The number of rotatable bonds is 7. The topological polar surface area (TPSA) is 59.6 Å². The van der Waals surface area contributed by atoms with E-state index in [1.54, 1.807) is 33.1 Å². The van der Waals surface area contributed by atoms with Crippen molar-refractivity contribution in [1.29, 1.82) is 0 Å². The van der Waals surface area contributed by atoms with Gasteiger partial charge in [-0.2, -0.15) is 0 Å². The molecule has 0 spiro atoms. The number of benzene rings is 1. The molecule has 7 heteroatoms. The number of alkyl halides is 2. The lowest BCUT2D eigenvalue weighted by atomic mass is 10.2. The van der Waals surface area contributed by atoms with Crippen molar-refractivity contribution in [2.45, 2.75) is 26.3 Å². The summed E-state index contributed by atoms with van der Waals surface area (Å²) >= 11 is 0. The number of methoxy groups -OCH3 is 1. The van der Waals surface area contributed by atoms with Crippen LogP contribution in [0.25, 0.3) is 0 Å². The molecule has 0 aliphatic heterocycles. The molecule has 0 saturated carbocycles. The molecule has 1 atom stereocenters. The zero-order valence-electron chi connectivity index (χ0n) is 12.3. The zero-order chi connectivity index (χ0) is 15.8. The van der Waals surface area contributed by atoms with Crippen LogP contribution in [0.4, 0.5) is 19.3 Å². The molecule has 1 aromatic carbocycles. The van der Waals surface area contributed by atoms with E-state index >= 15 is 0 Å². The highest BCUT2D eigenvalue weighted by atomic mass is 19.3. The average molecular weight is 302 g/mol. The minimum atomic E-state index is -2.54. The zero-order valence-corrected chi connectivity index (χ0v) is 12.3. The van der Waals surface area contributed by atoms with Gasteiger partial charge in [-0.1, -0.05) is 6.07 Å². The molecule has 5 nitrogen and oxygen atoms in total. The highest BCUT2D eigenvalue weighted by Gasteiger charge is 2.10. The van der Waals surface area contributed by atoms with Crippen LogP contribution in [-0.4, -0.2) is 38.8 Å². The van der Waals surface area contributed by atoms with E-state index in [-0.39, 0.29) is 6.04 Å². The Kier molecular flexibility index (Phi) is 6.87. The first-order valence-corrected chi connectivity index (χ1v) is 6.50. The third kappa shape index (κ3) is 6.40. The summed E-state index contributed by atoms with van der Waals surface area (Å²) in [5, 5.41) is 5.29. The van der Waals surface area contributed by atoms with Crippen molar-refractivity contribution >= 4 is 11.7 Å². The van der Waals surface area contributed by atoms with Crippen LogP contribution >= 0.6 is 0 Å². The first-order chi connectivity index (χ1) is 9.92. The lowest BCUT2D eigenvalue weighted by molar-refractivity contribution is 0.0816. The first kappa shape index (κ1) is 17.2. The Morgan fingerprint density at radius 2 is 2.05 bits per heavy atom. The molecule has 0 saturated heterocycles. The molecule has 0 aromatic heterocycles. The molecule has 1 rings (SSSR count). The van der Waals surface area contributed by atoms with Crippen molar-refractivity contribution in [3.8, 4) is 5.75 Å². The Morgan fingerprint density at radius 3 is 2.67 bits per heavy atom. The second kappa shape index (κ2) is 8.41. The van der Waals surface area contributed by atoms with E-state index in [2.05, 4.69) is 10.6 Å². The molecule has 0 fully saturated rings. The summed E-state index contributed by atoms with van der Waals surface area (Å²) in [6, 6.07) is 4.33. The monoisotopic (exact) mass is 302 g/mol. The maximum absolute atomic E-state index is 12.2. The van der Waals surface area contributed by atoms with Crippen LogP contribution in [0, 0.1) is 6.92 Å². The van der Waals surface area contributed by atoms with Crippen molar-refractivity contribution in [2.24, 2.45) is 0 Å². The smallest absolute Gasteiger partial charge is 0.319 e. The molecule has 0 aliphatic rings. The van der Waals surface area contributed by atoms with Gasteiger partial charge in [0.15, 0.2) is 0 Å². The second-order valence-electron chi connectivity index (χ2n) is 4.64. The third-order valence-electron chi connectivity index (χ3n) is 2.60. The Hall–Kier alpha value is -1.89. The number of anilines is 1. The van der Waals surface area contributed by atoms with Gasteiger partial charge in [-0.15, -0.1) is 0 Å². The van der Waals surface area contributed by atoms with Gasteiger partial charge in [0, 0.05) is 18.9 Å². The number of carbonyl (C=O) groups excluding carboxylic acids is 1. The van der Waals surface area contributed by atoms with Gasteiger partial charge in [-0.25, -0.2) is 13.6 Å². The van der Waals surface area contributed by atoms with Gasteiger partial charge in [0.05, 0.1) is 12.6 Å². The highest BCUT2D eigenvalue weighted by molar-refractivity contribution is 5.89. The molecule has 0 radical (unpaired) electrons. The van der Waals surface area contributed by atoms with Gasteiger partial charge in [-0.3, -0.25) is 0 Å². The molecule has 2 N–H and O–H groups in total. The van der Waals surface area contributed by atoms with Crippen LogP contribution < -0.4 is 15.4 Å². The minimum Gasteiger partial charge on any atom is -0.487 e. The Morgan fingerprint density at radius 1 is 1.33 bits per heavy atom. The van der Waals surface area contributed by atoms with E-state index in [0.717, 1.165) is 0 Å². The van der Waals surface area contributed by atoms with E-state index in [4.69, 9.17) is 9.47 Å². The number of ether oxygens (including phenoxy) is 2. The van der Waals surface area contributed by atoms with Crippen LogP contribution in [0.15, 0.2) is 18.2 Å². The summed E-state index contributed by atoms with van der Waals surface area (Å²) < 4.78 is 34.2. The molecule has 0 bridgehead atoms. The second-order valence-corrected chi connectivity index (χ2v) is 4.64. The molecule has 1 aromatic rings. The summed E-state index contributed by atoms with van der Waals surface area (Å²) in [5.41, 5.74) is 1.18. The lowest BCUT2D eigenvalue weighted by Gasteiger charge is -2.15. The number of nitrogens with one attached hydrogen (secondary N) is 2. The van der Waals surface area contributed by atoms with Crippen LogP contribution in [0.5, 0.6) is 5.75 Å². The number of hydrogen-bond donors (Lipinski definition) is 2. The Bertz CT molecular complexity index is 470. The highest BCUT2D eigenvalue weighted by Crippen LogP contribution is 2.23. The summed E-state index contributed by atoms with van der Waals surface area (Å²) in [5.74, 6) is 0.318. The Balaban J connectivity index is 2.62. The summed E-state index contributed by atoms with van der Waals surface area (Å²) in [7, 11) is 1.54. The van der Waals surface area contributed by atoms with E-state index in [1.165, 1.54) is 6.07 Å². The van der Waals surface area contributed by atoms with Gasteiger partial charge in [0.25, 0.3) is 6.43 Å². The van der Waals surface area contributed by atoms with Gasteiger partial charge < -0.3 is 20.1 Å². The van der Waals surface area contributed by atoms with Gasteiger partial charge in [0.2, 0.25) is 0 Å². The number of halogens is 2. The molecule has 21 heavy (non-hydrogen) atoms. The molecule has 2 amide bonds. The standard InChI is InChI=1S/C14H20F2N2O3/c1-9-4-5-11(6-12(9)21-8-13(15)16)18-14(19)17-10(2)7-20-3/h4-6,10,13H,7-8H2,1-3H3,(H2,17,18,19)/t10-/m1/s1. The predicted molar refractivity (Wildman–Crippen MR) is 76.2 cm³/mol. The molecular formula is C14H20F2N2O3. The number of carbonyl (C=O) groups is 1. The maximum atomic E-state index is 12.2. The molecule has 118 valence electrons. The molecule has 0 heterocycles. The summed E-state index contributed by atoms with van der Waals surface area (Å²) in [6.07, 6.45) is -2.54. The van der Waals surface area contributed by atoms with Crippen LogP contribution in [0.1, 0.15) is 12.5 Å². The molecule has 0 unspecified atom stereocenters. The van der Waals surface area contributed by atoms with E-state index < -0.39 is 19.1 Å². The molecular weight excluding hydrogens is 282 g/mol. The maximum Gasteiger partial charge on any atom is 0.319 e. The predicted octanol–water partition coefficient (Wildman–Crippen LogP) is 2.80. The minimum absolute atomic E-state index is 0.144. The first-order valence-electron chi connectivity index (χ1n) is 6.50. The SMILES string of the molecule is COC[C@@H](C)NC(=O)Nc1ccc(C)c(OCC(F)F)c1. The fourth-order valence-electron chi connectivity index (χ4n) is 1.67. The number of hydrogen-bond acceptors (Lipinski definition) is 3. The average Bonchev–Trinajstić information content (AvgIpc) is 2.39. The Labute approximate surface area is 122 Å². The van der Waals surface area contributed by atoms with Gasteiger partial charge in [-0.05, 0) is 25.5 Å². The van der Waals surface area contributed by atoms with Crippen molar-refractivity contribution in [3.63, 3.8) is 0 Å². The van der Waals surface area contributed by atoms with E-state index in [9.17, 15) is 13.6 Å². The van der Waals surface area contributed by atoms with Crippen LogP contribution in [0.2, 0.25) is 0 Å². The number of amides is 2. The normalized spacial score (nSPS) is 12.1. The summed E-state index contributed by atoms with van der Waals surface area (Å²) in [6.45, 7) is 3.26. The van der Waals surface area contributed by atoms with Gasteiger partial charge in [0.1, 0.15) is 12.4 Å². The lowest BCUT2D eigenvalue weighted by Crippen LogP contribution is -2.38. The van der Waals surface area contributed by atoms with Crippen molar-refractivity contribution < 1.29 is 23.0 Å². The fraction of sp³-hybridized carbons (Fsp3) is 0.500. The van der Waals surface area contributed by atoms with E-state index in [0.29, 0.717) is 23.6 Å². The fourth-order valence-corrected chi connectivity index (χ4v) is 1.67. The van der Waals surface area contributed by atoms with Crippen molar-refractivity contribution in [1.82, 2.24) is 5.32 Å². The summed E-state index contributed by atoms with van der Waals surface area (Å²) in [4.78, 5) is 11.7. The van der Waals surface area contributed by atoms with E-state index in [1.807, 2.05) is 0 Å². The number of aryl methyl sites for hydroxylation is 1. The van der Waals surface area contributed by atoms with Crippen LogP contribution in [-0.2, 0) is 4.74 Å². The molecule has 0 aliphatic carbocycles. The quantitative estimate of drug-likeness (QED) is 0.814. The van der Waals surface area contributed by atoms with Crippen molar-refractivity contribution in [3.05, 3.63) is 23.8 Å². The largest absolute Gasteiger partial charge is 0.487 e. The van der Waals surface area contributed by atoms with Gasteiger partial charge >= 0.3 is 6.03 Å². The third-order valence-corrected chi connectivity index (χ3v) is 2.60. The van der Waals surface area contributed by atoms with Crippen molar-refractivity contribution in [2.75, 3.05) is 25.6 Å². The van der Waals surface area contributed by atoms with Crippen LogP contribution in [0.3, 0.4) is 0 Å². The number of urea groups is 1.